The van der Waals surface area contributed by atoms with E-state index in [1.54, 1.807) is 6.07 Å². The van der Waals surface area contributed by atoms with Crippen LogP contribution in [0.2, 0.25) is 0 Å². The number of amides is 1. The number of carbonyl (C=O) groups is 1. The van der Waals surface area contributed by atoms with E-state index in [0.717, 1.165) is 31.4 Å². The molecule has 130 valence electrons. The molecule has 5 nitrogen and oxygen atoms in total. The number of nitrogens with one attached hydrogen (secondary N) is 2. The van der Waals surface area contributed by atoms with E-state index >= 15 is 0 Å². The highest BCUT2D eigenvalue weighted by Crippen LogP contribution is 2.30. The van der Waals surface area contributed by atoms with E-state index in [2.05, 4.69) is 23.6 Å². The van der Waals surface area contributed by atoms with Gasteiger partial charge in [0.15, 0.2) is 0 Å². The molecule has 0 atom stereocenters. The standard InChI is InChI=1S/C19H27N3O2/c1-18(2,3)24-17(23)22-19(4)10-8-15(9-11-19)21-16-7-5-6-14(12-16)13-20/h5-7,12,15,21H,8-11H2,1-4H3,(H,22,23). The zero-order valence-corrected chi connectivity index (χ0v) is 15.0. The predicted octanol–water partition coefficient (Wildman–Crippen LogP) is 4.20. The summed E-state index contributed by atoms with van der Waals surface area (Å²) in [6.45, 7) is 7.67. The zero-order valence-electron chi connectivity index (χ0n) is 15.0. The molecule has 0 aliphatic heterocycles. The molecule has 0 saturated heterocycles. The summed E-state index contributed by atoms with van der Waals surface area (Å²) in [7, 11) is 0. The van der Waals surface area contributed by atoms with Gasteiger partial charge in [-0.15, -0.1) is 0 Å². The van der Waals surface area contributed by atoms with Crippen LogP contribution in [0.25, 0.3) is 0 Å². The molecule has 1 aromatic rings. The number of carbonyl (C=O) groups excluding carboxylic acids is 1. The lowest BCUT2D eigenvalue weighted by atomic mass is 9.81. The molecule has 0 heterocycles. The molecule has 0 aromatic heterocycles. The fourth-order valence-corrected chi connectivity index (χ4v) is 2.99. The van der Waals surface area contributed by atoms with Crippen molar-refractivity contribution >= 4 is 11.8 Å². The Morgan fingerprint density at radius 2 is 2.00 bits per heavy atom. The molecule has 0 unspecified atom stereocenters. The van der Waals surface area contributed by atoms with Crippen LogP contribution in [0.15, 0.2) is 24.3 Å². The normalized spacial score (nSPS) is 23.9. The summed E-state index contributed by atoms with van der Waals surface area (Å²) < 4.78 is 5.36. The first kappa shape index (κ1) is 18.1. The average Bonchev–Trinajstić information content (AvgIpc) is 2.48. The lowest BCUT2D eigenvalue weighted by molar-refractivity contribution is 0.0436. The Bertz CT molecular complexity index is 620. The molecule has 0 radical (unpaired) electrons. The third-order valence-electron chi connectivity index (χ3n) is 4.25. The smallest absolute Gasteiger partial charge is 0.408 e. The number of hydrogen-bond acceptors (Lipinski definition) is 4. The van der Waals surface area contributed by atoms with Crippen molar-refractivity contribution in [1.82, 2.24) is 5.32 Å². The maximum atomic E-state index is 12.0. The Labute approximate surface area is 144 Å². The monoisotopic (exact) mass is 329 g/mol. The molecule has 0 bridgehead atoms. The predicted molar refractivity (Wildman–Crippen MR) is 94.8 cm³/mol. The van der Waals surface area contributed by atoms with Gasteiger partial charge in [0.1, 0.15) is 5.60 Å². The second-order valence-electron chi connectivity index (χ2n) is 7.80. The van der Waals surface area contributed by atoms with Crippen LogP contribution in [0.5, 0.6) is 0 Å². The summed E-state index contributed by atoms with van der Waals surface area (Å²) in [4.78, 5) is 12.0. The molecule has 2 N–H and O–H groups in total. The molecule has 5 heteroatoms. The summed E-state index contributed by atoms with van der Waals surface area (Å²) in [5.41, 5.74) is 0.926. The van der Waals surface area contributed by atoms with Gasteiger partial charge in [0.2, 0.25) is 0 Å². The van der Waals surface area contributed by atoms with E-state index in [9.17, 15) is 4.79 Å². The van der Waals surface area contributed by atoms with Crippen molar-refractivity contribution in [3.8, 4) is 6.07 Å². The lowest BCUT2D eigenvalue weighted by Gasteiger charge is -2.38. The minimum atomic E-state index is -0.481. The van der Waals surface area contributed by atoms with Crippen LogP contribution in [0.3, 0.4) is 0 Å². The number of rotatable bonds is 3. The molecule has 2 rings (SSSR count). The molecule has 24 heavy (non-hydrogen) atoms. The second kappa shape index (κ2) is 7.12. The van der Waals surface area contributed by atoms with Crippen molar-refractivity contribution in [1.29, 1.82) is 5.26 Å². The van der Waals surface area contributed by atoms with Crippen molar-refractivity contribution in [2.75, 3.05) is 5.32 Å². The number of alkyl carbamates (subject to hydrolysis) is 1. The van der Waals surface area contributed by atoms with Gasteiger partial charge in [0, 0.05) is 17.3 Å². The highest BCUT2D eigenvalue weighted by molar-refractivity contribution is 5.68. The first-order valence-corrected chi connectivity index (χ1v) is 8.47. The van der Waals surface area contributed by atoms with Crippen LogP contribution < -0.4 is 10.6 Å². The molecule has 1 aliphatic rings. The molecule has 0 spiro atoms. The summed E-state index contributed by atoms with van der Waals surface area (Å²) in [5.74, 6) is 0. The number of anilines is 1. The van der Waals surface area contributed by atoms with Crippen LogP contribution in [-0.4, -0.2) is 23.3 Å². The third kappa shape index (κ3) is 5.45. The highest BCUT2D eigenvalue weighted by Gasteiger charge is 2.33. The van der Waals surface area contributed by atoms with E-state index in [0.29, 0.717) is 11.6 Å². The summed E-state index contributed by atoms with van der Waals surface area (Å²) in [6, 6.07) is 10.0. The van der Waals surface area contributed by atoms with Gasteiger partial charge in [-0.2, -0.15) is 5.26 Å². The van der Waals surface area contributed by atoms with Crippen LogP contribution in [0.4, 0.5) is 10.5 Å². The first-order valence-electron chi connectivity index (χ1n) is 8.47. The van der Waals surface area contributed by atoms with Gasteiger partial charge >= 0.3 is 6.09 Å². The maximum absolute atomic E-state index is 12.0. The third-order valence-corrected chi connectivity index (χ3v) is 4.25. The van der Waals surface area contributed by atoms with Crippen molar-refractivity contribution in [3.05, 3.63) is 29.8 Å². The summed E-state index contributed by atoms with van der Waals surface area (Å²) in [6.07, 6.45) is 3.36. The minimum Gasteiger partial charge on any atom is -0.444 e. The van der Waals surface area contributed by atoms with Crippen LogP contribution in [0, 0.1) is 11.3 Å². The van der Waals surface area contributed by atoms with Gasteiger partial charge in [0.25, 0.3) is 0 Å². The van der Waals surface area contributed by atoms with Crippen molar-refractivity contribution < 1.29 is 9.53 Å². The Kier molecular flexibility index (Phi) is 5.38. The molecular weight excluding hydrogens is 302 g/mol. The SMILES string of the molecule is CC1(NC(=O)OC(C)(C)C)CCC(Nc2cccc(C#N)c2)CC1. The van der Waals surface area contributed by atoms with Crippen molar-refractivity contribution in [2.24, 2.45) is 0 Å². The number of benzene rings is 1. The van der Waals surface area contributed by atoms with Gasteiger partial charge < -0.3 is 15.4 Å². The zero-order chi connectivity index (χ0) is 17.8. The van der Waals surface area contributed by atoms with Crippen molar-refractivity contribution in [3.63, 3.8) is 0 Å². The van der Waals surface area contributed by atoms with Crippen LogP contribution in [-0.2, 0) is 4.74 Å². The van der Waals surface area contributed by atoms with Crippen molar-refractivity contribution in [2.45, 2.75) is 70.6 Å². The Morgan fingerprint density at radius 3 is 2.58 bits per heavy atom. The van der Waals surface area contributed by atoms with E-state index in [1.807, 2.05) is 39.0 Å². The second-order valence-corrected chi connectivity index (χ2v) is 7.80. The minimum absolute atomic E-state index is 0.227. The summed E-state index contributed by atoms with van der Waals surface area (Å²) >= 11 is 0. The van der Waals surface area contributed by atoms with E-state index in [-0.39, 0.29) is 11.6 Å². The van der Waals surface area contributed by atoms with E-state index in [1.165, 1.54) is 0 Å². The molecule has 1 fully saturated rings. The molecule has 1 saturated carbocycles. The van der Waals surface area contributed by atoms with Crippen LogP contribution in [0.1, 0.15) is 58.9 Å². The lowest BCUT2D eigenvalue weighted by Crippen LogP contribution is -2.51. The number of nitriles is 1. The molecule has 1 amide bonds. The Morgan fingerprint density at radius 1 is 1.33 bits per heavy atom. The Hall–Kier alpha value is -2.22. The van der Waals surface area contributed by atoms with Gasteiger partial charge in [0.05, 0.1) is 11.6 Å². The fraction of sp³-hybridized carbons (Fsp3) is 0.579. The molecule has 1 aromatic carbocycles. The molecule has 1 aliphatic carbocycles. The quantitative estimate of drug-likeness (QED) is 0.871. The fourth-order valence-electron chi connectivity index (χ4n) is 2.99. The highest BCUT2D eigenvalue weighted by atomic mass is 16.6. The average molecular weight is 329 g/mol. The van der Waals surface area contributed by atoms with Gasteiger partial charge in [-0.1, -0.05) is 6.07 Å². The maximum Gasteiger partial charge on any atom is 0.408 e. The number of nitrogens with zero attached hydrogens (tertiary/aromatic N) is 1. The first-order chi connectivity index (χ1) is 11.2. The number of hydrogen-bond donors (Lipinski definition) is 2. The van der Waals surface area contributed by atoms with Crippen LogP contribution >= 0.6 is 0 Å². The largest absolute Gasteiger partial charge is 0.444 e. The Balaban J connectivity index is 1.86. The molecular formula is C19H27N3O2. The van der Waals surface area contributed by atoms with E-state index < -0.39 is 5.60 Å². The van der Waals surface area contributed by atoms with Gasteiger partial charge in [-0.05, 0) is 71.6 Å². The summed E-state index contributed by atoms with van der Waals surface area (Å²) in [5, 5.41) is 15.5. The van der Waals surface area contributed by atoms with Gasteiger partial charge in [-0.25, -0.2) is 4.79 Å². The topological polar surface area (TPSA) is 74.2 Å². The number of ether oxygens (including phenoxy) is 1. The van der Waals surface area contributed by atoms with E-state index in [4.69, 9.17) is 10.00 Å². The van der Waals surface area contributed by atoms with Gasteiger partial charge in [-0.3, -0.25) is 0 Å².